The molecule has 2 nitrogen and oxygen atoms in total. The quantitative estimate of drug-likeness (QED) is 0.592. The zero-order valence-corrected chi connectivity index (χ0v) is 10.7. The molecule has 1 aromatic heterocycles. The summed E-state index contributed by atoms with van der Waals surface area (Å²) in [6.07, 6.45) is 2.99. The Morgan fingerprint density at radius 2 is 2.06 bits per heavy atom. The standard InChI is InChI=1S/C16H16O2/c1-3-4-5-6-9-13-12(2)18-15-11-8-7-10-14(15)16(13)17/h7-8,10-11H,3-5H2,1-2H3. The van der Waals surface area contributed by atoms with Crippen LogP contribution in [0.3, 0.4) is 0 Å². The van der Waals surface area contributed by atoms with Gasteiger partial charge < -0.3 is 4.42 Å². The number of benzene rings is 1. The van der Waals surface area contributed by atoms with E-state index in [1.165, 1.54) is 0 Å². The smallest absolute Gasteiger partial charge is 0.208 e. The molecule has 0 spiro atoms. The first-order valence-corrected chi connectivity index (χ1v) is 6.25. The topological polar surface area (TPSA) is 30.2 Å². The maximum absolute atomic E-state index is 12.3. The minimum atomic E-state index is -0.0293. The van der Waals surface area contributed by atoms with Crippen LogP contribution in [-0.2, 0) is 0 Å². The summed E-state index contributed by atoms with van der Waals surface area (Å²) in [5.41, 5.74) is 1.09. The highest BCUT2D eigenvalue weighted by Crippen LogP contribution is 2.14. The highest BCUT2D eigenvalue weighted by atomic mass is 16.3. The number of aryl methyl sites for hydroxylation is 1. The van der Waals surface area contributed by atoms with Crippen molar-refractivity contribution in [1.29, 1.82) is 0 Å². The molecule has 0 radical (unpaired) electrons. The zero-order valence-electron chi connectivity index (χ0n) is 10.7. The van der Waals surface area contributed by atoms with E-state index in [0.29, 0.717) is 22.3 Å². The average molecular weight is 240 g/mol. The molecule has 18 heavy (non-hydrogen) atoms. The van der Waals surface area contributed by atoms with Gasteiger partial charge in [0.25, 0.3) is 0 Å². The van der Waals surface area contributed by atoms with E-state index in [4.69, 9.17) is 4.42 Å². The van der Waals surface area contributed by atoms with Gasteiger partial charge in [0.1, 0.15) is 16.9 Å². The molecule has 2 aromatic rings. The van der Waals surface area contributed by atoms with Crippen LogP contribution in [0.1, 0.15) is 37.5 Å². The molecule has 0 atom stereocenters. The number of para-hydroxylation sites is 1. The van der Waals surface area contributed by atoms with Crippen molar-refractivity contribution in [1.82, 2.24) is 0 Å². The van der Waals surface area contributed by atoms with Gasteiger partial charge in [0.15, 0.2) is 0 Å². The minimum Gasteiger partial charge on any atom is -0.460 e. The summed E-state index contributed by atoms with van der Waals surface area (Å²) in [7, 11) is 0. The van der Waals surface area contributed by atoms with Crippen molar-refractivity contribution in [2.45, 2.75) is 33.1 Å². The van der Waals surface area contributed by atoms with Gasteiger partial charge in [-0.3, -0.25) is 4.79 Å². The summed E-state index contributed by atoms with van der Waals surface area (Å²) >= 11 is 0. The fraction of sp³-hybridized carbons (Fsp3) is 0.312. The molecule has 0 saturated heterocycles. The van der Waals surface area contributed by atoms with E-state index in [1.807, 2.05) is 12.1 Å². The van der Waals surface area contributed by atoms with Crippen LogP contribution in [0, 0.1) is 18.8 Å². The van der Waals surface area contributed by atoms with Crippen molar-refractivity contribution in [3.63, 3.8) is 0 Å². The predicted molar refractivity (Wildman–Crippen MR) is 73.6 cm³/mol. The lowest BCUT2D eigenvalue weighted by Gasteiger charge is -2.00. The van der Waals surface area contributed by atoms with E-state index in [1.54, 1.807) is 19.1 Å². The van der Waals surface area contributed by atoms with Crippen molar-refractivity contribution in [2.24, 2.45) is 0 Å². The maximum Gasteiger partial charge on any atom is 0.208 e. The third-order valence-corrected chi connectivity index (χ3v) is 2.84. The Morgan fingerprint density at radius 1 is 1.28 bits per heavy atom. The van der Waals surface area contributed by atoms with E-state index in [9.17, 15) is 4.79 Å². The molecular weight excluding hydrogens is 224 g/mol. The summed E-state index contributed by atoms with van der Waals surface area (Å²) in [6.45, 7) is 3.91. The third-order valence-electron chi connectivity index (χ3n) is 2.84. The van der Waals surface area contributed by atoms with Crippen molar-refractivity contribution < 1.29 is 4.42 Å². The molecule has 0 N–H and O–H groups in total. The third kappa shape index (κ3) is 2.46. The molecule has 0 fully saturated rings. The zero-order chi connectivity index (χ0) is 13.0. The van der Waals surface area contributed by atoms with Gasteiger partial charge in [-0.15, -0.1) is 0 Å². The first kappa shape index (κ1) is 12.4. The SMILES string of the molecule is CCCCC#Cc1c(C)oc2ccccc2c1=O. The van der Waals surface area contributed by atoms with Crippen LogP contribution in [0.15, 0.2) is 33.5 Å². The normalized spacial score (nSPS) is 10.1. The largest absolute Gasteiger partial charge is 0.460 e. The number of unbranched alkanes of at least 4 members (excludes halogenated alkanes) is 2. The van der Waals surface area contributed by atoms with Crippen LogP contribution in [0.4, 0.5) is 0 Å². The van der Waals surface area contributed by atoms with Gasteiger partial charge in [0, 0.05) is 6.42 Å². The molecule has 0 amide bonds. The second-order valence-electron chi connectivity index (χ2n) is 4.26. The molecule has 0 aliphatic carbocycles. The Labute approximate surface area is 107 Å². The molecule has 92 valence electrons. The summed E-state index contributed by atoms with van der Waals surface area (Å²) < 4.78 is 5.63. The summed E-state index contributed by atoms with van der Waals surface area (Å²) in [4.78, 5) is 12.3. The molecule has 1 aromatic carbocycles. The summed E-state index contributed by atoms with van der Waals surface area (Å²) in [6, 6.07) is 7.27. The molecule has 0 aliphatic rings. The first-order chi connectivity index (χ1) is 8.74. The van der Waals surface area contributed by atoms with Crippen molar-refractivity contribution in [2.75, 3.05) is 0 Å². The first-order valence-electron chi connectivity index (χ1n) is 6.25. The minimum absolute atomic E-state index is 0.0293. The molecule has 0 saturated carbocycles. The van der Waals surface area contributed by atoms with Gasteiger partial charge in [0.2, 0.25) is 5.43 Å². The second-order valence-corrected chi connectivity index (χ2v) is 4.26. The van der Waals surface area contributed by atoms with Crippen LogP contribution in [0.5, 0.6) is 0 Å². The molecule has 1 heterocycles. The van der Waals surface area contributed by atoms with E-state index >= 15 is 0 Å². The molecule has 0 bridgehead atoms. The number of hydrogen-bond acceptors (Lipinski definition) is 2. The van der Waals surface area contributed by atoms with E-state index in [2.05, 4.69) is 18.8 Å². The molecule has 0 aliphatic heterocycles. The number of hydrogen-bond donors (Lipinski definition) is 0. The van der Waals surface area contributed by atoms with Gasteiger partial charge in [0.05, 0.1) is 5.39 Å². The van der Waals surface area contributed by atoms with Crippen LogP contribution < -0.4 is 5.43 Å². The van der Waals surface area contributed by atoms with E-state index in [-0.39, 0.29) is 5.43 Å². The lowest BCUT2D eigenvalue weighted by molar-refractivity contribution is 0.562. The Bertz CT molecular complexity index is 669. The Hall–Kier alpha value is -2.01. The fourth-order valence-corrected chi connectivity index (χ4v) is 1.81. The predicted octanol–water partition coefficient (Wildman–Crippen LogP) is 3.64. The number of rotatable bonds is 2. The monoisotopic (exact) mass is 240 g/mol. The Morgan fingerprint density at radius 3 is 2.83 bits per heavy atom. The van der Waals surface area contributed by atoms with Crippen molar-refractivity contribution >= 4 is 11.0 Å². The highest BCUT2D eigenvalue weighted by Gasteiger charge is 2.08. The van der Waals surface area contributed by atoms with Crippen LogP contribution in [0.2, 0.25) is 0 Å². The highest BCUT2D eigenvalue weighted by molar-refractivity contribution is 5.77. The van der Waals surface area contributed by atoms with E-state index < -0.39 is 0 Å². The van der Waals surface area contributed by atoms with Crippen LogP contribution >= 0.6 is 0 Å². The van der Waals surface area contributed by atoms with Crippen molar-refractivity contribution in [3.05, 3.63) is 45.8 Å². The Balaban J connectivity index is 2.50. The van der Waals surface area contributed by atoms with Gasteiger partial charge >= 0.3 is 0 Å². The lowest BCUT2D eigenvalue weighted by atomic mass is 10.1. The van der Waals surface area contributed by atoms with Gasteiger partial charge in [-0.2, -0.15) is 0 Å². The number of fused-ring (bicyclic) bond motifs is 1. The van der Waals surface area contributed by atoms with Gasteiger partial charge in [-0.1, -0.05) is 37.3 Å². The van der Waals surface area contributed by atoms with Gasteiger partial charge in [-0.05, 0) is 25.5 Å². The van der Waals surface area contributed by atoms with Crippen LogP contribution in [0.25, 0.3) is 11.0 Å². The van der Waals surface area contributed by atoms with E-state index in [0.717, 1.165) is 19.3 Å². The van der Waals surface area contributed by atoms with Gasteiger partial charge in [-0.25, -0.2) is 0 Å². The maximum atomic E-state index is 12.3. The fourth-order valence-electron chi connectivity index (χ4n) is 1.81. The van der Waals surface area contributed by atoms with Crippen LogP contribution in [-0.4, -0.2) is 0 Å². The summed E-state index contributed by atoms with van der Waals surface area (Å²) in [5.74, 6) is 6.59. The lowest BCUT2D eigenvalue weighted by Crippen LogP contribution is -2.08. The molecule has 0 unspecified atom stereocenters. The molecule has 2 heteroatoms. The second kappa shape index (κ2) is 5.55. The summed E-state index contributed by atoms with van der Waals surface area (Å²) in [5, 5.41) is 0.600. The Kier molecular flexibility index (Phi) is 3.84. The molecular formula is C16H16O2. The average Bonchev–Trinajstić information content (AvgIpc) is 2.38. The van der Waals surface area contributed by atoms with Crippen molar-refractivity contribution in [3.8, 4) is 11.8 Å². The molecule has 2 rings (SSSR count).